The molecule has 1 amide bonds. The molecule has 0 aromatic carbocycles. The van der Waals surface area contributed by atoms with E-state index in [0.717, 1.165) is 53.9 Å². The number of fused-ring (bicyclic) bond motifs is 1. The van der Waals surface area contributed by atoms with Crippen molar-refractivity contribution in [3.8, 4) is 0 Å². The Hall–Kier alpha value is -2.70. The smallest absolute Gasteiger partial charge is 0.252 e. The van der Waals surface area contributed by atoms with Gasteiger partial charge in [0.1, 0.15) is 0 Å². The van der Waals surface area contributed by atoms with Crippen LogP contribution in [-0.4, -0.2) is 37.0 Å². The summed E-state index contributed by atoms with van der Waals surface area (Å²) >= 11 is 0. The highest BCUT2D eigenvalue weighted by Crippen LogP contribution is 2.40. The van der Waals surface area contributed by atoms with Crippen molar-refractivity contribution in [3.05, 3.63) is 41.0 Å². The van der Waals surface area contributed by atoms with E-state index in [4.69, 9.17) is 4.98 Å². The van der Waals surface area contributed by atoms with Crippen LogP contribution in [0.1, 0.15) is 59.5 Å². The average Bonchev–Trinajstić information content (AvgIpc) is 3.34. The van der Waals surface area contributed by atoms with Crippen molar-refractivity contribution in [2.45, 2.75) is 59.0 Å². The quantitative estimate of drug-likeness (QED) is 0.697. The van der Waals surface area contributed by atoms with E-state index in [1.807, 2.05) is 35.3 Å². The molecule has 3 aromatic heterocycles. The van der Waals surface area contributed by atoms with Crippen LogP contribution in [0.4, 0.5) is 0 Å². The van der Waals surface area contributed by atoms with E-state index in [9.17, 15) is 4.79 Å². The van der Waals surface area contributed by atoms with Crippen molar-refractivity contribution >= 4 is 16.9 Å². The summed E-state index contributed by atoms with van der Waals surface area (Å²) in [5.74, 6) is 0.419. The molecule has 0 radical (unpaired) electrons. The van der Waals surface area contributed by atoms with Crippen molar-refractivity contribution in [1.82, 2.24) is 29.9 Å². The van der Waals surface area contributed by atoms with Crippen molar-refractivity contribution in [1.29, 1.82) is 0 Å². The fourth-order valence-corrected chi connectivity index (χ4v) is 3.49. The molecule has 1 aliphatic rings. The maximum atomic E-state index is 12.9. The van der Waals surface area contributed by atoms with Crippen molar-refractivity contribution in [3.63, 3.8) is 0 Å². The molecule has 3 aromatic rings. The van der Waals surface area contributed by atoms with Gasteiger partial charge in [0.15, 0.2) is 5.65 Å². The summed E-state index contributed by atoms with van der Waals surface area (Å²) in [5, 5.41) is 12.8. The summed E-state index contributed by atoms with van der Waals surface area (Å²) in [6, 6.07) is 3.99. The van der Waals surface area contributed by atoms with Crippen LogP contribution >= 0.6 is 0 Å². The number of amides is 1. The highest BCUT2D eigenvalue weighted by atomic mass is 16.1. The van der Waals surface area contributed by atoms with Crippen LogP contribution in [0.25, 0.3) is 11.0 Å². The van der Waals surface area contributed by atoms with Crippen LogP contribution in [-0.2, 0) is 13.1 Å². The Morgan fingerprint density at radius 2 is 2.04 bits per heavy atom. The molecule has 4 rings (SSSR count). The van der Waals surface area contributed by atoms with Gasteiger partial charge in [-0.3, -0.25) is 9.48 Å². The Labute approximate surface area is 158 Å². The van der Waals surface area contributed by atoms with Crippen LogP contribution in [0, 0.1) is 13.8 Å². The first-order valence-electron chi connectivity index (χ1n) is 9.72. The van der Waals surface area contributed by atoms with Gasteiger partial charge >= 0.3 is 0 Å². The first kappa shape index (κ1) is 17.7. The highest BCUT2D eigenvalue weighted by Gasteiger charge is 2.28. The third-order valence-electron chi connectivity index (χ3n) is 5.02. The fraction of sp³-hybridized carbons (Fsp3) is 0.500. The molecule has 0 unspecified atom stereocenters. The second kappa shape index (κ2) is 7.13. The molecular weight excluding hydrogens is 340 g/mol. The zero-order chi connectivity index (χ0) is 19.0. The Balaban J connectivity index is 1.56. The predicted octanol–water partition coefficient (Wildman–Crippen LogP) is 2.96. The summed E-state index contributed by atoms with van der Waals surface area (Å²) in [6.07, 6.45) is 5.06. The number of rotatable bonds is 7. The SMILES string of the molecule is CCCn1ncc2c(C(=O)NCCn3nc(C)cc3C)cc(C3CC3)nc21. The molecular formula is C20H26N6O. The minimum absolute atomic E-state index is 0.0677. The van der Waals surface area contributed by atoms with Crippen molar-refractivity contribution < 1.29 is 4.79 Å². The first-order chi connectivity index (χ1) is 13.1. The standard InChI is InChI=1S/C20H26N6O/c1-4-8-26-19-17(12-22-26)16(11-18(23-19)15-5-6-15)20(27)21-7-9-25-14(3)10-13(2)24-25/h10-12,15H,4-9H2,1-3H3,(H,21,27). The lowest BCUT2D eigenvalue weighted by molar-refractivity contribution is 0.0953. The average molecular weight is 366 g/mol. The number of carbonyl (C=O) groups is 1. The van der Waals surface area contributed by atoms with Crippen LogP contribution in [0.2, 0.25) is 0 Å². The Morgan fingerprint density at radius 1 is 1.22 bits per heavy atom. The van der Waals surface area contributed by atoms with E-state index in [2.05, 4.69) is 22.4 Å². The molecule has 0 bridgehead atoms. The molecule has 1 saturated carbocycles. The number of carbonyl (C=O) groups excluding carboxylic acids is 1. The molecule has 0 atom stereocenters. The predicted molar refractivity (Wildman–Crippen MR) is 104 cm³/mol. The summed E-state index contributed by atoms with van der Waals surface area (Å²) in [5.41, 5.74) is 4.61. The molecule has 1 aliphatic carbocycles. The van der Waals surface area contributed by atoms with E-state index in [1.165, 1.54) is 0 Å². The van der Waals surface area contributed by atoms with Gasteiger partial charge in [0, 0.05) is 30.4 Å². The Kier molecular flexibility index (Phi) is 4.68. The second-order valence-corrected chi connectivity index (χ2v) is 7.38. The number of nitrogens with one attached hydrogen (secondary N) is 1. The third kappa shape index (κ3) is 3.59. The molecule has 1 N–H and O–H groups in total. The molecule has 0 saturated heterocycles. The van der Waals surface area contributed by atoms with Crippen molar-refractivity contribution in [2.24, 2.45) is 0 Å². The van der Waals surface area contributed by atoms with Crippen LogP contribution in [0.5, 0.6) is 0 Å². The second-order valence-electron chi connectivity index (χ2n) is 7.38. The van der Waals surface area contributed by atoms with Gasteiger partial charge in [-0.2, -0.15) is 10.2 Å². The number of nitrogens with zero attached hydrogens (tertiary/aromatic N) is 5. The maximum absolute atomic E-state index is 12.9. The summed E-state index contributed by atoms with van der Waals surface area (Å²) in [4.78, 5) is 17.7. The topological polar surface area (TPSA) is 77.6 Å². The fourth-order valence-electron chi connectivity index (χ4n) is 3.49. The zero-order valence-corrected chi connectivity index (χ0v) is 16.2. The molecule has 142 valence electrons. The van der Waals surface area contributed by atoms with Gasteiger partial charge in [-0.25, -0.2) is 9.67 Å². The van der Waals surface area contributed by atoms with Gasteiger partial charge in [0.05, 0.1) is 29.4 Å². The third-order valence-corrected chi connectivity index (χ3v) is 5.02. The highest BCUT2D eigenvalue weighted by molar-refractivity contribution is 6.05. The van der Waals surface area contributed by atoms with Crippen LogP contribution in [0.3, 0.4) is 0 Å². The summed E-state index contributed by atoms with van der Waals surface area (Å²) in [7, 11) is 0. The van der Waals surface area contributed by atoms with E-state index in [0.29, 0.717) is 24.6 Å². The monoisotopic (exact) mass is 366 g/mol. The van der Waals surface area contributed by atoms with Gasteiger partial charge in [0.2, 0.25) is 0 Å². The number of aryl methyl sites for hydroxylation is 3. The lowest BCUT2D eigenvalue weighted by atomic mass is 10.1. The zero-order valence-electron chi connectivity index (χ0n) is 16.2. The molecule has 1 fully saturated rings. The van der Waals surface area contributed by atoms with Gasteiger partial charge in [0.25, 0.3) is 5.91 Å². The van der Waals surface area contributed by atoms with Crippen LogP contribution in [0.15, 0.2) is 18.3 Å². The summed E-state index contributed by atoms with van der Waals surface area (Å²) < 4.78 is 3.83. The summed E-state index contributed by atoms with van der Waals surface area (Å²) in [6.45, 7) is 8.12. The first-order valence-corrected chi connectivity index (χ1v) is 9.72. The molecule has 0 aliphatic heterocycles. The molecule has 7 nitrogen and oxygen atoms in total. The molecule has 7 heteroatoms. The minimum Gasteiger partial charge on any atom is -0.350 e. The van der Waals surface area contributed by atoms with E-state index in [1.54, 1.807) is 6.20 Å². The maximum Gasteiger partial charge on any atom is 0.252 e. The van der Waals surface area contributed by atoms with E-state index in [-0.39, 0.29) is 5.91 Å². The largest absolute Gasteiger partial charge is 0.350 e. The lowest BCUT2D eigenvalue weighted by Crippen LogP contribution is -2.28. The Bertz CT molecular complexity index is 982. The van der Waals surface area contributed by atoms with E-state index < -0.39 is 0 Å². The van der Waals surface area contributed by atoms with Gasteiger partial charge in [-0.15, -0.1) is 0 Å². The van der Waals surface area contributed by atoms with Gasteiger partial charge in [-0.1, -0.05) is 6.92 Å². The number of hydrogen-bond donors (Lipinski definition) is 1. The normalized spacial score (nSPS) is 14.0. The van der Waals surface area contributed by atoms with Gasteiger partial charge < -0.3 is 5.32 Å². The minimum atomic E-state index is -0.0677. The number of pyridine rings is 1. The molecule has 0 spiro atoms. The molecule has 3 heterocycles. The lowest BCUT2D eigenvalue weighted by Gasteiger charge is -2.10. The number of hydrogen-bond acceptors (Lipinski definition) is 4. The molecule has 27 heavy (non-hydrogen) atoms. The van der Waals surface area contributed by atoms with Crippen LogP contribution < -0.4 is 5.32 Å². The number of aromatic nitrogens is 5. The van der Waals surface area contributed by atoms with E-state index >= 15 is 0 Å². The van der Waals surface area contributed by atoms with Gasteiger partial charge in [-0.05, 0) is 45.2 Å². The van der Waals surface area contributed by atoms with Crippen molar-refractivity contribution in [2.75, 3.05) is 6.54 Å². The Morgan fingerprint density at radius 3 is 2.70 bits per heavy atom.